The van der Waals surface area contributed by atoms with Crippen molar-refractivity contribution in [2.75, 3.05) is 38.8 Å². The molecule has 2 aromatic rings. The Kier molecular flexibility index (Phi) is 6.16. The lowest BCUT2D eigenvalue weighted by Gasteiger charge is -2.33. The molecule has 0 spiro atoms. The molecular weight excluding hydrogens is 354 g/mol. The van der Waals surface area contributed by atoms with E-state index < -0.39 is 10.9 Å². The smallest absolute Gasteiger partial charge is 0.201 e. The van der Waals surface area contributed by atoms with Gasteiger partial charge in [-0.15, -0.1) is 0 Å². The molecule has 1 aliphatic heterocycles. The second kappa shape index (κ2) is 8.55. The van der Waals surface area contributed by atoms with Crippen molar-refractivity contribution in [2.45, 2.75) is 19.3 Å². The van der Waals surface area contributed by atoms with E-state index in [1.54, 1.807) is 14.2 Å². The molecule has 0 atom stereocenters. The molecule has 1 aliphatic rings. The zero-order valence-corrected chi connectivity index (χ0v) is 16.0. The van der Waals surface area contributed by atoms with Crippen LogP contribution in [0.15, 0.2) is 24.4 Å². The molecule has 26 heavy (non-hydrogen) atoms. The average molecular weight is 379 g/mol. The molecule has 142 valence electrons. The van der Waals surface area contributed by atoms with Gasteiger partial charge in [0.2, 0.25) is 10.9 Å². The molecule has 0 radical (unpaired) electrons. The van der Waals surface area contributed by atoms with Crippen LogP contribution in [0.25, 0.3) is 10.8 Å². The monoisotopic (exact) mass is 379 g/mol. The average Bonchev–Trinajstić information content (AvgIpc) is 2.66. The number of aromatic nitrogens is 1. The van der Waals surface area contributed by atoms with Crippen LogP contribution in [0.2, 0.25) is 0 Å². The van der Waals surface area contributed by atoms with E-state index in [2.05, 4.69) is 14.6 Å². The van der Waals surface area contributed by atoms with Crippen molar-refractivity contribution < 1.29 is 17.9 Å². The molecular formula is C18H25N3O4S. The third-order valence-electron chi connectivity index (χ3n) is 4.96. The van der Waals surface area contributed by atoms with E-state index in [1.807, 2.05) is 24.4 Å². The van der Waals surface area contributed by atoms with Gasteiger partial charge in [-0.1, -0.05) is 0 Å². The van der Waals surface area contributed by atoms with Gasteiger partial charge in [-0.3, -0.25) is 0 Å². The van der Waals surface area contributed by atoms with Crippen LogP contribution >= 0.6 is 0 Å². The first kappa shape index (κ1) is 18.7. The Labute approximate surface area is 155 Å². The van der Waals surface area contributed by atoms with Crippen molar-refractivity contribution in [1.82, 2.24) is 9.71 Å². The Bertz CT molecular complexity index is 825. The number of thiol groups is 1. The molecule has 0 saturated carbocycles. The van der Waals surface area contributed by atoms with E-state index in [1.165, 1.54) is 0 Å². The molecule has 2 heterocycles. The minimum absolute atomic E-state index is 0.521. The van der Waals surface area contributed by atoms with Gasteiger partial charge in [-0.25, -0.2) is 18.1 Å². The maximum absolute atomic E-state index is 10.6. The number of benzene rings is 1. The SMILES string of the molecule is COc1cc2ccnc(N3CCC(CCN[SH](=O)=O)CC3)c2cc1OC. The number of piperidine rings is 1. The van der Waals surface area contributed by atoms with Gasteiger partial charge in [0, 0.05) is 31.2 Å². The number of hydrogen-bond acceptors (Lipinski definition) is 6. The number of methoxy groups -OCH3 is 2. The predicted molar refractivity (Wildman–Crippen MR) is 103 cm³/mol. The molecule has 0 bridgehead atoms. The van der Waals surface area contributed by atoms with Gasteiger partial charge in [-0.2, -0.15) is 0 Å². The van der Waals surface area contributed by atoms with E-state index in [-0.39, 0.29) is 0 Å². The number of pyridine rings is 1. The highest BCUT2D eigenvalue weighted by Crippen LogP contribution is 2.36. The van der Waals surface area contributed by atoms with Crippen LogP contribution in [0, 0.1) is 5.92 Å². The number of fused-ring (bicyclic) bond motifs is 1. The van der Waals surface area contributed by atoms with Gasteiger partial charge in [-0.05, 0) is 48.8 Å². The Morgan fingerprint density at radius 2 is 1.88 bits per heavy atom. The fourth-order valence-electron chi connectivity index (χ4n) is 3.53. The summed E-state index contributed by atoms with van der Waals surface area (Å²) < 4.78 is 34.5. The van der Waals surface area contributed by atoms with Gasteiger partial charge < -0.3 is 14.4 Å². The molecule has 3 rings (SSSR count). The standard InChI is InChI=1S/C18H25N3O4S/c1-24-16-11-14-4-7-19-18(15(14)12-17(16)25-2)21-9-5-13(6-10-21)3-8-20-26(22)23/h4,7,11-13,26H,3,5-6,8-10H2,1-2H3,(H,20,22,23). The summed E-state index contributed by atoms with van der Waals surface area (Å²) in [7, 11) is 0.773. The number of hydrogen-bond donors (Lipinski definition) is 2. The lowest BCUT2D eigenvalue weighted by Crippen LogP contribution is -2.35. The van der Waals surface area contributed by atoms with E-state index in [4.69, 9.17) is 9.47 Å². The van der Waals surface area contributed by atoms with Crippen LogP contribution in [0.4, 0.5) is 5.82 Å². The van der Waals surface area contributed by atoms with Gasteiger partial charge in [0.05, 0.1) is 14.2 Å². The van der Waals surface area contributed by atoms with Crippen LogP contribution < -0.4 is 19.1 Å². The quantitative estimate of drug-likeness (QED) is 0.716. The number of anilines is 1. The van der Waals surface area contributed by atoms with E-state index in [0.717, 1.165) is 48.9 Å². The molecule has 1 N–H and O–H groups in total. The summed E-state index contributed by atoms with van der Waals surface area (Å²) >= 11 is 0. The minimum Gasteiger partial charge on any atom is -0.493 e. The van der Waals surface area contributed by atoms with Crippen LogP contribution in [-0.2, 0) is 10.9 Å². The van der Waals surface area contributed by atoms with E-state index >= 15 is 0 Å². The lowest BCUT2D eigenvalue weighted by molar-refractivity contribution is 0.356. The summed E-state index contributed by atoms with van der Waals surface area (Å²) in [5.41, 5.74) is 0. The van der Waals surface area contributed by atoms with Crippen LogP contribution in [0.1, 0.15) is 19.3 Å². The fourth-order valence-corrected chi connectivity index (χ4v) is 3.84. The Morgan fingerprint density at radius 3 is 2.54 bits per heavy atom. The Balaban J connectivity index is 1.75. The maximum Gasteiger partial charge on any atom is 0.201 e. The topological polar surface area (TPSA) is 80.8 Å². The highest BCUT2D eigenvalue weighted by atomic mass is 32.2. The predicted octanol–water partition coefficient (Wildman–Crippen LogP) is 1.97. The molecule has 1 aromatic heterocycles. The molecule has 0 amide bonds. The molecule has 0 unspecified atom stereocenters. The minimum atomic E-state index is -2.49. The molecule has 0 aliphatic carbocycles. The first-order valence-corrected chi connectivity index (χ1v) is 9.93. The molecule has 8 heteroatoms. The van der Waals surface area contributed by atoms with Crippen molar-refractivity contribution >= 4 is 27.5 Å². The largest absolute Gasteiger partial charge is 0.493 e. The molecule has 1 saturated heterocycles. The second-order valence-electron chi connectivity index (χ2n) is 6.45. The van der Waals surface area contributed by atoms with Crippen molar-refractivity contribution in [1.29, 1.82) is 0 Å². The zero-order chi connectivity index (χ0) is 18.5. The molecule has 7 nitrogen and oxygen atoms in total. The number of rotatable bonds is 7. The van der Waals surface area contributed by atoms with E-state index in [0.29, 0.717) is 24.0 Å². The number of nitrogens with zero attached hydrogens (tertiary/aromatic N) is 2. The summed E-state index contributed by atoms with van der Waals surface area (Å²) in [4.78, 5) is 6.91. The molecule has 1 aromatic carbocycles. The highest BCUT2D eigenvalue weighted by molar-refractivity contribution is 7.70. The van der Waals surface area contributed by atoms with Crippen molar-refractivity contribution in [3.8, 4) is 11.5 Å². The first-order valence-electron chi connectivity index (χ1n) is 8.76. The Hall–Kier alpha value is -2.06. The van der Waals surface area contributed by atoms with Crippen molar-refractivity contribution in [3.63, 3.8) is 0 Å². The van der Waals surface area contributed by atoms with Crippen LogP contribution in [0.3, 0.4) is 0 Å². The zero-order valence-electron chi connectivity index (χ0n) is 15.1. The maximum atomic E-state index is 10.6. The van der Waals surface area contributed by atoms with Crippen LogP contribution in [0.5, 0.6) is 11.5 Å². The van der Waals surface area contributed by atoms with Gasteiger partial charge in [0.1, 0.15) is 5.82 Å². The third kappa shape index (κ3) is 4.19. The number of nitrogens with one attached hydrogen (secondary N) is 1. The summed E-state index contributed by atoms with van der Waals surface area (Å²) in [6, 6.07) is 5.93. The van der Waals surface area contributed by atoms with Gasteiger partial charge >= 0.3 is 0 Å². The lowest BCUT2D eigenvalue weighted by atomic mass is 9.93. The summed E-state index contributed by atoms with van der Waals surface area (Å²) in [6.07, 6.45) is 4.76. The normalized spacial score (nSPS) is 15.6. The second-order valence-corrected chi connectivity index (χ2v) is 7.28. The summed E-state index contributed by atoms with van der Waals surface area (Å²) in [5, 5.41) is 2.12. The van der Waals surface area contributed by atoms with Gasteiger partial charge in [0.25, 0.3) is 0 Å². The fraction of sp³-hybridized carbons (Fsp3) is 0.500. The first-order chi connectivity index (χ1) is 12.6. The number of ether oxygens (including phenoxy) is 2. The van der Waals surface area contributed by atoms with Crippen molar-refractivity contribution in [3.05, 3.63) is 24.4 Å². The summed E-state index contributed by atoms with van der Waals surface area (Å²) in [5.74, 6) is 2.91. The van der Waals surface area contributed by atoms with Gasteiger partial charge in [0.15, 0.2) is 11.5 Å². The highest BCUT2D eigenvalue weighted by Gasteiger charge is 2.22. The van der Waals surface area contributed by atoms with Crippen molar-refractivity contribution in [2.24, 2.45) is 5.92 Å². The van der Waals surface area contributed by atoms with Crippen LogP contribution in [-0.4, -0.2) is 47.3 Å². The summed E-state index contributed by atoms with van der Waals surface area (Å²) in [6.45, 7) is 2.34. The molecule has 1 fully saturated rings. The third-order valence-corrected chi connectivity index (χ3v) is 5.44. The Morgan fingerprint density at radius 1 is 1.19 bits per heavy atom. The van der Waals surface area contributed by atoms with E-state index in [9.17, 15) is 8.42 Å².